The largest absolute Gasteiger partial charge is 0.481 e. The summed E-state index contributed by atoms with van der Waals surface area (Å²) >= 11 is 0. The zero-order chi connectivity index (χ0) is 18.6. The van der Waals surface area contributed by atoms with E-state index in [1.165, 1.54) is 40.8 Å². The summed E-state index contributed by atoms with van der Waals surface area (Å²) in [6, 6.07) is 0. The van der Waals surface area contributed by atoms with E-state index in [-0.39, 0.29) is 51.9 Å². The molecule has 24 heavy (non-hydrogen) atoms. The van der Waals surface area contributed by atoms with Crippen LogP contribution in [0.5, 0.6) is 0 Å². The fourth-order valence-electron chi connectivity index (χ4n) is 0.659. The molecule has 1 atom stereocenters. The van der Waals surface area contributed by atoms with Crippen LogP contribution in [0.1, 0.15) is 34.1 Å². The second-order valence-electron chi connectivity index (χ2n) is 3.88. The van der Waals surface area contributed by atoms with Gasteiger partial charge in [-0.25, -0.2) is 0 Å². The van der Waals surface area contributed by atoms with Crippen molar-refractivity contribution >= 4 is 27.1 Å². The van der Waals surface area contributed by atoms with Crippen LogP contribution in [0.2, 0.25) is 0 Å². The topological polar surface area (TPSA) is 104 Å². The Labute approximate surface area is 174 Å². The normalized spacial score (nSPS) is 10.5. The molecule has 1 unspecified atom stereocenters. The average Bonchev–Trinajstić information content (AvgIpc) is 2.41. The van der Waals surface area contributed by atoms with Crippen molar-refractivity contribution in [1.82, 2.24) is 4.67 Å². The fraction of sp³-hybridized carbons (Fsp3) is 0.600. The van der Waals surface area contributed by atoms with Crippen LogP contribution in [0.15, 0.2) is 12.2 Å². The molecule has 1 heterocycles. The number of ether oxygens (including phenoxy) is 1. The third-order valence-corrected chi connectivity index (χ3v) is 1.85. The van der Waals surface area contributed by atoms with E-state index in [2.05, 4.69) is 30.9 Å². The number of rotatable bonds is 0. The molecule has 143 valence electrons. The first-order valence-corrected chi connectivity index (χ1v) is 6.95. The number of hydrogen-bond acceptors (Lipinski definition) is 6. The van der Waals surface area contributed by atoms with Crippen molar-refractivity contribution in [3.05, 3.63) is 19.6 Å². The molecule has 0 aliphatic carbocycles. The molecule has 7 nitrogen and oxygen atoms in total. The molecule has 0 bridgehead atoms. The Balaban J connectivity index is -0.0000000435. The smallest absolute Gasteiger partial charge is 0.302 e. The number of carbonyl (C=O) groups is 3. The molecule has 1 aliphatic rings. The van der Waals surface area contributed by atoms with Gasteiger partial charge in [0.1, 0.15) is 5.78 Å². The molecular formula is C15H33NO6PY-. The molecule has 1 radical (unpaired) electrons. The van der Waals surface area contributed by atoms with Crippen molar-refractivity contribution in [2.24, 2.45) is 0 Å². The third kappa shape index (κ3) is 98.2. The van der Waals surface area contributed by atoms with Crippen molar-refractivity contribution in [1.29, 1.82) is 0 Å². The van der Waals surface area contributed by atoms with Gasteiger partial charge in [0.05, 0.1) is 7.11 Å². The summed E-state index contributed by atoms with van der Waals surface area (Å²) in [7, 11) is 5.04. The van der Waals surface area contributed by atoms with E-state index < -0.39 is 5.97 Å². The van der Waals surface area contributed by atoms with Crippen LogP contribution in [0.25, 0.3) is 0 Å². The predicted molar refractivity (Wildman–Crippen MR) is 97.0 cm³/mol. The molecule has 0 saturated carbocycles. The molecule has 0 aromatic heterocycles. The molecule has 0 spiro atoms. The van der Waals surface area contributed by atoms with Gasteiger partial charge in [0.25, 0.3) is 5.97 Å². The van der Waals surface area contributed by atoms with E-state index >= 15 is 0 Å². The van der Waals surface area contributed by atoms with Crippen molar-refractivity contribution < 1.29 is 62.0 Å². The number of carboxylic acid groups (broad SMARTS) is 1. The Morgan fingerprint density at radius 1 is 1.08 bits per heavy atom. The third-order valence-electron chi connectivity index (χ3n) is 1.38. The maximum atomic E-state index is 9.59. The van der Waals surface area contributed by atoms with E-state index in [9.17, 15) is 9.59 Å². The minimum Gasteiger partial charge on any atom is -0.481 e. The zero-order valence-corrected chi connectivity index (χ0v) is 19.9. The van der Waals surface area contributed by atoms with Crippen molar-refractivity contribution in [2.75, 3.05) is 27.3 Å². The molecule has 0 amide bonds. The Hall–Kier alpha value is -0.196. The summed E-state index contributed by atoms with van der Waals surface area (Å²) < 4.78 is 6.33. The minimum absolute atomic E-state index is 0. The van der Waals surface area contributed by atoms with Crippen molar-refractivity contribution in [3.63, 3.8) is 0 Å². The van der Waals surface area contributed by atoms with Gasteiger partial charge in [0.15, 0.2) is 0 Å². The van der Waals surface area contributed by atoms with Crippen LogP contribution >= 0.6 is 9.39 Å². The first-order valence-electron chi connectivity index (χ1n) is 6.44. The van der Waals surface area contributed by atoms with Gasteiger partial charge in [-0.1, -0.05) is 21.5 Å². The number of aliphatic hydroxyl groups is 1. The number of aliphatic hydroxyl groups excluding tert-OH is 1. The second kappa shape index (κ2) is 34.2. The molecule has 2 N–H and O–H groups in total. The minimum atomic E-state index is -0.833. The summed E-state index contributed by atoms with van der Waals surface area (Å²) in [6.45, 7) is 7.80. The van der Waals surface area contributed by atoms with Gasteiger partial charge in [-0.05, 0) is 20.3 Å². The predicted octanol–water partition coefficient (Wildman–Crippen LogP) is 1.96. The Bertz CT molecular complexity index is 294. The molecule has 0 aromatic carbocycles. The number of hydrogen-bond donors (Lipinski definition) is 2. The maximum absolute atomic E-state index is 9.59. The molecule has 0 fully saturated rings. The number of nitrogens with zero attached hydrogens (tertiary/aromatic N) is 1. The number of carboxylic acids is 1. The zero-order valence-electron chi connectivity index (χ0n) is 15.9. The Morgan fingerprint density at radius 3 is 1.46 bits per heavy atom. The standard InChI is InChI=1S/C5H10NP.C3H6O2.C3H6O.C2H4O2.CH4O.CH3.Y/c7-6-4-2-1-3-5-6;1-3(4)5-2;1-3(2)4;1-2(3)4;1-2;;/h1-2H,3-5,7H2;1-2H3;1-2H3;1H3,(H,3,4);2H,1H3;1H3;/q;;;;;-1;. The molecular weight excluding hydrogens is 410 g/mol. The van der Waals surface area contributed by atoms with Crippen molar-refractivity contribution in [3.8, 4) is 0 Å². The summed E-state index contributed by atoms with van der Waals surface area (Å²) in [6.07, 6.45) is 5.63. The number of ketones is 1. The average molecular weight is 443 g/mol. The summed E-state index contributed by atoms with van der Waals surface area (Å²) in [5.41, 5.74) is 0. The molecule has 1 rings (SSSR count). The van der Waals surface area contributed by atoms with E-state index in [0.29, 0.717) is 0 Å². The number of Topliss-reactive ketones (excluding diaryl/α,β-unsaturated/α-hetero) is 1. The fourth-order valence-corrected chi connectivity index (χ4v) is 0.930. The van der Waals surface area contributed by atoms with Crippen LogP contribution in [-0.2, 0) is 51.8 Å². The van der Waals surface area contributed by atoms with Crippen LogP contribution in [0.3, 0.4) is 0 Å². The quantitative estimate of drug-likeness (QED) is 0.255. The van der Waals surface area contributed by atoms with Crippen molar-refractivity contribution in [2.45, 2.75) is 34.1 Å². The first kappa shape index (κ1) is 39.1. The number of methoxy groups -OCH3 is 1. The van der Waals surface area contributed by atoms with Crippen LogP contribution in [0.4, 0.5) is 0 Å². The Morgan fingerprint density at radius 2 is 1.38 bits per heavy atom. The Kier molecular flexibility index (Phi) is 55.7. The van der Waals surface area contributed by atoms with Gasteiger partial charge in [-0.15, -0.1) is 0 Å². The number of aliphatic carboxylic acids is 1. The van der Waals surface area contributed by atoms with Gasteiger partial charge < -0.3 is 27.2 Å². The van der Waals surface area contributed by atoms with E-state index in [4.69, 9.17) is 15.0 Å². The van der Waals surface area contributed by atoms with E-state index in [1.807, 2.05) is 0 Å². The summed E-state index contributed by atoms with van der Waals surface area (Å²) in [5.74, 6) is -0.912. The monoisotopic (exact) mass is 443 g/mol. The number of esters is 1. The first-order chi connectivity index (χ1) is 10.1. The van der Waals surface area contributed by atoms with Gasteiger partial charge >= 0.3 is 5.97 Å². The SMILES string of the molecule is CC(=O)O.CC(C)=O.CO.COC(C)=O.PN1CC=CCC1.[CH3-].[Y]. The molecule has 0 aromatic rings. The van der Waals surface area contributed by atoms with Gasteiger partial charge in [-0.3, -0.25) is 14.3 Å². The number of carbonyl (C=O) groups excluding carboxylic acids is 2. The van der Waals surface area contributed by atoms with Crippen LogP contribution < -0.4 is 0 Å². The van der Waals surface area contributed by atoms with Crippen LogP contribution in [0, 0.1) is 7.43 Å². The van der Waals surface area contributed by atoms with Gasteiger partial charge in [0, 0.05) is 66.8 Å². The van der Waals surface area contributed by atoms with E-state index in [1.54, 1.807) is 0 Å². The maximum Gasteiger partial charge on any atom is 0.302 e. The summed E-state index contributed by atoms with van der Waals surface area (Å²) in [5, 5.41) is 14.4. The molecule has 0 saturated heterocycles. The summed E-state index contributed by atoms with van der Waals surface area (Å²) in [4.78, 5) is 28.0. The second-order valence-corrected chi connectivity index (χ2v) is 4.61. The van der Waals surface area contributed by atoms with Gasteiger partial charge in [-0.2, -0.15) is 0 Å². The molecule has 9 heteroatoms. The van der Waals surface area contributed by atoms with Crippen LogP contribution in [-0.4, -0.2) is 59.9 Å². The molecule has 1 aliphatic heterocycles. The van der Waals surface area contributed by atoms with E-state index in [0.717, 1.165) is 20.6 Å². The van der Waals surface area contributed by atoms with Gasteiger partial charge in [0.2, 0.25) is 0 Å².